The van der Waals surface area contributed by atoms with Gasteiger partial charge in [0.1, 0.15) is 0 Å². The Kier molecular flexibility index (Phi) is 6.44. The Bertz CT molecular complexity index is 779. The smallest absolute Gasteiger partial charge is 0.322 e. The lowest BCUT2D eigenvalue weighted by Gasteiger charge is -2.23. The van der Waals surface area contributed by atoms with E-state index in [2.05, 4.69) is 5.32 Å². The second-order valence-corrected chi connectivity index (χ2v) is 6.53. The molecule has 0 spiro atoms. The van der Waals surface area contributed by atoms with Crippen LogP contribution in [0.1, 0.15) is 18.4 Å². The molecule has 0 atom stereocenters. The highest BCUT2D eigenvalue weighted by Crippen LogP contribution is 2.24. The minimum Gasteiger partial charge on any atom is -0.383 e. The van der Waals surface area contributed by atoms with Gasteiger partial charge in [0.2, 0.25) is 5.91 Å². The number of urea groups is 1. The number of ether oxygens (including phenoxy) is 1. The first-order valence-electron chi connectivity index (χ1n) is 9.16. The van der Waals surface area contributed by atoms with Crippen molar-refractivity contribution in [3.05, 3.63) is 60.2 Å². The molecule has 0 radical (unpaired) electrons. The number of rotatable bonds is 7. The van der Waals surface area contributed by atoms with E-state index in [1.54, 1.807) is 16.9 Å². The largest absolute Gasteiger partial charge is 0.383 e. The number of carbonyl (C=O) groups is 2. The fraction of sp³-hybridized carbons (Fsp3) is 0.333. The molecule has 142 valence electrons. The van der Waals surface area contributed by atoms with E-state index in [1.165, 1.54) is 0 Å². The van der Waals surface area contributed by atoms with Gasteiger partial charge in [0.25, 0.3) is 0 Å². The molecule has 3 amide bonds. The predicted octanol–water partition coefficient (Wildman–Crippen LogP) is 3.49. The Morgan fingerprint density at radius 3 is 2.70 bits per heavy atom. The standard InChI is InChI=1S/C21H25N3O3/c1-27-14-13-23(16-17-7-3-2-4-8-17)21(26)22-18-9-5-10-19(15-18)24-12-6-11-20(24)25/h2-5,7-10,15H,6,11-14,16H2,1H3,(H,22,26). The maximum absolute atomic E-state index is 12.8. The number of methoxy groups -OCH3 is 1. The van der Waals surface area contributed by atoms with Crippen LogP contribution in [0.3, 0.4) is 0 Å². The van der Waals surface area contributed by atoms with Gasteiger partial charge < -0.3 is 19.9 Å². The number of carbonyl (C=O) groups excluding carboxylic acids is 2. The van der Waals surface area contributed by atoms with Gasteiger partial charge in [0.15, 0.2) is 0 Å². The molecule has 2 aromatic rings. The molecule has 1 N–H and O–H groups in total. The average Bonchev–Trinajstić information content (AvgIpc) is 3.12. The van der Waals surface area contributed by atoms with Crippen molar-refractivity contribution >= 4 is 23.3 Å². The molecule has 0 bridgehead atoms. The molecular formula is C21H25N3O3. The molecule has 0 aliphatic carbocycles. The second-order valence-electron chi connectivity index (χ2n) is 6.53. The lowest BCUT2D eigenvalue weighted by molar-refractivity contribution is -0.117. The summed E-state index contributed by atoms with van der Waals surface area (Å²) in [5.74, 6) is 0.129. The van der Waals surface area contributed by atoms with Crippen molar-refractivity contribution in [3.63, 3.8) is 0 Å². The van der Waals surface area contributed by atoms with Gasteiger partial charge in [0, 0.05) is 44.5 Å². The number of hydrogen-bond donors (Lipinski definition) is 1. The molecule has 27 heavy (non-hydrogen) atoms. The maximum atomic E-state index is 12.8. The van der Waals surface area contributed by atoms with E-state index >= 15 is 0 Å². The van der Waals surface area contributed by atoms with Crippen molar-refractivity contribution in [3.8, 4) is 0 Å². The Morgan fingerprint density at radius 2 is 2.00 bits per heavy atom. The van der Waals surface area contributed by atoms with Gasteiger partial charge in [-0.25, -0.2) is 4.79 Å². The van der Waals surface area contributed by atoms with Gasteiger partial charge in [0.05, 0.1) is 6.61 Å². The molecule has 1 fully saturated rings. The summed E-state index contributed by atoms with van der Waals surface area (Å²) < 4.78 is 5.14. The van der Waals surface area contributed by atoms with Crippen molar-refractivity contribution < 1.29 is 14.3 Å². The van der Waals surface area contributed by atoms with E-state index in [9.17, 15) is 9.59 Å². The summed E-state index contributed by atoms with van der Waals surface area (Å²) in [7, 11) is 1.62. The summed E-state index contributed by atoms with van der Waals surface area (Å²) in [4.78, 5) is 28.2. The van der Waals surface area contributed by atoms with Crippen LogP contribution in [0.2, 0.25) is 0 Å². The zero-order valence-electron chi connectivity index (χ0n) is 15.6. The Morgan fingerprint density at radius 1 is 1.19 bits per heavy atom. The third-order valence-corrected chi connectivity index (χ3v) is 4.55. The molecule has 6 heteroatoms. The minimum atomic E-state index is -0.194. The van der Waals surface area contributed by atoms with Crippen molar-refractivity contribution in [2.45, 2.75) is 19.4 Å². The van der Waals surface area contributed by atoms with Crippen molar-refractivity contribution in [1.82, 2.24) is 4.90 Å². The Labute approximate surface area is 159 Å². The van der Waals surface area contributed by atoms with Crippen LogP contribution in [-0.4, -0.2) is 43.6 Å². The lowest BCUT2D eigenvalue weighted by Crippen LogP contribution is -2.36. The summed E-state index contributed by atoms with van der Waals surface area (Å²) in [6, 6.07) is 17.1. The van der Waals surface area contributed by atoms with Crippen LogP contribution >= 0.6 is 0 Å². The van der Waals surface area contributed by atoms with Gasteiger partial charge >= 0.3 is 6.03 Å². The van der Waals surface area contributed by atoms with Crippen LogP contribution in [0.15, 0.2) is 54.6 Å². The maximum Gasteiger partial charge on any atom is 0.322 e. The zero-order valence-corrected chi connectivity index (χ0v) is 15.6. The minimum absolute atomic E-state index is 0.129. The highest BCUT2D eigenvalue weighted by Gasteiger charge is 2.22. The monoisotopic (exact) mass is 367 g/mol. The number of anilines is 2. The predicted molar refractivity (Wildman–Crippen MR) is 106 cm³/mol. The molecule has 0 saturated carbocycles. The Hall–Kier alpha value is -2.86. The molecule has 6 nitrogen and oxygen atoms in total. The van der Waals surface area contributed by atoms with Gasteiger partial charge in [-0.2, -0.15) is 0 Å². The third kappa shape index (κ3) is 5.08. The van der Waals surface area contributed by atoms with Crippen LogP contribution in [0.25, 0.3) is 0 Å². The van der Waals surface area contributed by atoms with E-state index in [1.807, 2.05) is 54.6 Å². The van der Waals surface area contributed by atoms with Crippen molar-refractivity contribution in [2.24, 2.45) is 0 Å². The highest BCUT2D eigenvalue weighted by atomic mass is 16.5. The van der Waals surface area contributed by atoms with Crippen molar-refractivity contribution in [1.29, 1.82) is 0 Å². The third-order valence-electron chi connectivity index (χ3n) is 4.55. The second kappa shape index (κ2) is 9.19. The van der Waals surface area contributed by atoms with Crippen LogP contribution in [0.4, 0.5) is 16.2 Å². The molecule has 2 aromatic carbocycles. The molecule has 0 unspecified atom stereocenters. The quantitative estimate of drug-likeness (QED) is 0.815. The van der Waals surface area contributed by atoms with Crippen LogP contribution < -0.4 is 10.2 Å². The first-order chi connectivity index (χ1) is 13.2. The zero-order chi connectivity index (χ0) is 19.1. The number of benzene rings is 2. The highest BCUT2D eigenvalue weighted by molar-refractivity contribution is 5.96. The van der Waals surface area contributed by atoms with E-state index in [0.29, 0.717) is 31.8 Å². The van der Waals surface area contributed by atoms with E-state index in [-0.39, 0.29) is 11.9 Å². The molecule has 3 rings (SSSR count). The molecule has 1 saturated heterocycles. The lowest BCUT2D eigenvalue weighted by atomic mass is 10.2. The van der Waals surface area contributed by atoms with Crippen LogP contribution in [0, 0.1) is 0 Å². The van der Waals surface area contributed by atoms with Crippen molar-refractivity contribution in [2.75, 3.05) is 37.0 Å². The molecule has 1 aliphatic heterocycles. The summed E-state index contributed by atoms with van der Waals surface area (Å²) in [5.41, 5.74) is 2.55. The van der Waals surface area contributed by atoms with E-state index in [4.69, 9.17) is 4.74 Å². The van der Waals surface area contributed by atoms with E-state index < -0.39 is 0 Å². The summed E-state index contributed by atoms with van der Waals surface area (Å²) in [6.07, 6.45) is 1.45. The van der Waals surface area contributed by atoms with Gasteiger partial charge in [-0.05, 0) is 30.2 Å². The molecule has 0 aromatic heterocycles. The fourth-order valence-corrected chi connectivity index (χ4v) is 3.13. The van der Waals surface area contributed by atoms with E-state index in [0.717, 1.165) is 24.2 Å². The molecule has 1 aliphatic rings. The first kappa shape index (κ1) is 18.9. The Balaban J connectivity index is 1.70. The number of amides is 3. The van der Waals surface area contributed by atoms with Gasteiger partial charge in [-0.3, -0.25) is 4.79 Å². The average molecular weight is 367 g/mol. The first-order valence-corrected chi connectivity index (χ1v) is 9.16. The SMILES string of the molecule is COCCN(Cc1ccccc1)C(=O)Nc1cccc(N2CCCC2=O)c1. The molecule has 1 heterocycles. The molecular weight excluding hydrogens is 342 g/mol. The summed E-state index contributed by atoms with van der Waals surface area (Å²) >= 11 is 0. The van der Waals surface area contributed by atoms with Gasteiger partial charge in [-0.1, -0.05) is 36.4 Å². The van der Waals surface area contributed by atoms with Gasteiger partial charge in [-0.15, -0.1) is 0 Å². The number of nitrogens with one attached hydrogen (secondary N) is 1. The number of nitrogens with zero attached hydrogens (tertiary/aromatic N) is 2. The fourth-order valence-electron chi connectivity index (χ4n) is 3.13. The van der Waals surface area contributed by atoms with Crippen LogP contribution in [0.5, 0.6) is 0 Å². The summed E-state index contributed by atoms with van der Waals surface area (Å²) in [6.45, 7) is 2.18. The summed E-state index contributed by atoms with van der Waals surface area (Å²) in [5, 5.41) is 2.94. The number of hydrogen-bond acceptors (Lipinski definition) is 3. The van der Waals surface area contributed by atoms with Crippen LogP contribution in [-0.2, 0) is 16.1 Å². The normalized spacial score (nSPS) is 13.7. The topological polar surface area (TPSA) is 61.9 Å².